The van der Waals surface area contributed by atoms with Crippen molar-refractivity contribution >= 4 is 11.3 Å². The SMILES string of the molecule is CCc1cnc(CNCCC(CC)CN)s1. The molecule has 1 unspecified atom stereocenters. The van der Waals surface area contributed by atoms with E-state index in [1.807, 2.05) is 6.20 Å². The number of nitrogens with zero attached hydrogens (tertiary/aromatic N) is 1. The Labute approximate surface area is 102 Å². The molecule has 16 heavy (non-hydrogen) atoms. The number of aryl methyl sites for hydroxylation is 1. The van der Waals surface area contributed by atoms with Gasteiger partial charge in [0.15, 0.2) is 0 Å². The Morgan fingerprint density at radius 3 is 2.88 bits per heavy atom. The lowest BCUT2D eigenvalue weighted by molar-refractivity contribution is 0.460. The average Bonchev–Trinajstić information content (AvgIpc) is 2.77. The minimum atomic E-state index is 0.662. The summed E-state index contributed by atoms with van der Waals surface area (Å²) in [5.41, 5.74) is 5.66. The third kappa shape index (κ3) is 4.60. The Bertz CT molecular complexity index is 282. The fourth-order valence-electron chi connectivity index (χ4n) is 1.58. The lowest BCUT2D eigenvalue weighted by Crippen LogP contribution is -2.21. The summed E-state index contributed by atoms with van der Waals surface area (Å²) in [7, 11) is 0. The summed E-state index contributed by atoms with van der Waals surface area (Å²) in [4.78, 5) is 5.74. The van der Waals surface area contributed by atoms with Crippen molar-refractivity contribution in [1.82, 2.24) is 10.3 Å². The van der Waals surface area contributed by atoms with Crippen molar-refractivity contribution in [3.05, 3.63) is 16.1 Å². The quantitative estimate of drug-likeness (QED) is 0.686. The van der Waals surface area contributed by atoms with E-state index in [9.17, 15) is 0 Å². The van der Waals surface area contributed by atoms with Gasteiger partial charge < -0.3 is 11.1 Å². The van der Waals surface area contributed by atoms with Gasteiger partial charge in [0.2, 0.25) is 0 Å². The van der Waals surface area contributed by atoms with Gasteiger partial charge in [-0.1, -0.05) is 20.3 Å². The molecule has 0 radical (unpaired) electrons. The van der Waals surface area contributed by atoms with Gasteiger partial charge in [0.1, 0.15) is 5.01 Å². The van der Waals surface area contributed by atoms with Crippen molar-refractivity contribution in [2.24, 2.45) is 11.7 Å². The van der Waals surface area contributed by atoms with E-state index in [1.165, 1.54) is 22.7 Å². The molecule has 1 rings (SSSR count). The van der Waals surface area contributed by atoms with Gasteiger partial charge in [0.25, 0.3) is 0 Å². The van der Waals surface area contributed by atoms with Crippen LogP contribution >= 0.6 is 11.3 Å². The molecule has 1 atom stereocenters. The summed E-state index contributed by atoms with van der Waals surface area (Å²) in [6.45, 7) is 7.10. The molecule has 1 aromatic heterocycles. The van der Waals surface area contributed by atoms with Crippen LogP contribution in [0.1, 0.15) is 36.6 Å². The van der Waals surface area contributed by atoms with Crippen LogP contribution in [0.25, 0.3) is 0 Å². The Morgan fingerprint density at radius 1 is 1.50 bits per heavy atom. The summed E-state index contributed by atoms with van der Waals surface area (Å²) in [6, 6.07) is 0. The van der Waals surface area contributed by atoms with Gasteiger partial charge in [-0.3, -0.25) is 0 Å². The lowest BCUT2D eigenvalue weighted by Gasteiger charge is -2.11. The summed E-state index contributed by atoms with van der Waals surface area (Å²) >= 11 is 1.80. The van der Waals surface area contributed by atoms with Crippen molar-refractivity contribution in [3.8, 4) is 0 Å². The molecule has 0 saturated heterocycles. The first-order valence-corrected chi connectivity index (χ1v) is 6.96. The molecule has 1 aromatic rings. The van der Waals surface area contributed by atoms with Crippen LogP contribution in [0.2, 0.25) is 0 Å². The van der Waals surface area contributed by atoms with E-state index in [-0.39, 0.29) is 0 Å². The van der Waals surface area contributed by atoms with E-state index in [1.54, 1.807) is 11.3 Å². The molecule has 0 spiro atoms. The number of thiazole rings is 1. The van der Waals surface area contributed by atoms with Gasteiger partial charge in [0, 0.05) is 17.6 Å². The number of nitrogens with one attached hydrogen (secondary N) is 1. The van der Waals surface area contributed by atoms with Crippen LogP contribution in [0.15, 0.2) is 6.20 Å². The molecule has 3 N–H and O–H groups in total. The van der Waals surface area contributed by atoms with E-state index >= 15 is 0 Å². The molecule has 4 heteroatoms. The first-order chi connectivity index (χ1) is 7.80. The second-order valence-corrected chi connectivity index (χ2v) is 5.25. The Balaban J connectivity index is 2.15. The van der Waals surface area contributed by atoms with Crippen molar-refractivity contribution in [3.63, 3.8) is 0 Å². The van der Waals surface area contributed by atoms with Gasteiger partial charge in [-0.05, 0) is 31.8 Å². The maximum Gasteiger partial charge on any atom is 0.107 e. The van der Waals surface area contributed by atoms with Gasteiger partial charge in [-0.15, -0.1) is 11.3 Å². The minimum absolute atomic E-state index is 0.662. The Morgan fingerprint density at radius 2 is 2.31 bits per heavy atom. The molecule has 3 nitrogen and oxygen atoms in total. The number of hydrogen-bond donors (Lipinski definition) is 2. The average molecular weight is 241 g/mol. The van der Waals surface area contributed by atoms with Gasteiger partial charge >= 0.3 is 0 Å². The number of rotatable bonds is 8. The summed E-state index contributed by atoms with van der Waals surface area (Å²) in [6.07, 6.45) is 5.41. The first kappa shape index (κ1) is 13.6. The van der Waals surface area contributed by atoms with Crippen LogP contribution in [0.5, 0.6) is 0 Å². The highest BCUT2D eigenvalue weighted by atomic mass is 32.1. The molecule has 92 valence electrons. The monoisotopic (exact) mass is 241 g/mol. The summed E-state index contributed by atoms with van der Waals surface area (Å²) in [5, 5.41) is 4.62. The number of hydrogen-bond acceptors (Lipinski definition) is 4. The van der Waals surface area contributed by atoms with Gasteiger partial charge in [0.05, 0.1) is 0 Å². The predicted octanol–water partition coefficient (Wildman–Crippen LogP) is 2.17. The molecule has 0 bridgehead atoms. The molecular formula is C12H23N3S. The summed E-state index contributed by atoms with van der Waals surface area (Å²) in [5.74, 6) is 0.662. The van der Waals surface area contributed by atoms with E-state index in [0.29, 0.717) is 5.92 Å². The van der Waals surface area contributed by atoms with Crippen molar-refractivity contribution in [2.75, 3.05) is 13.1 Å². The lowest BCUT2D eigenvalue weighted by atomic mass is 10.0. The molecule has 0 saturated carbocycles. The number of aromatic nitrogens is 1. The molecule has 0 aliphatic rings. The molecule has 0 aliphatic carbocycles. The third-order valence-electron chi connectivity index (χ3n) is 2.87. The highest BCUT2D eigenvalue weighted by Crippen LogP contribution is 2.13. The van der Waals surface area contributed by atoms with Crippen molar-refractivity contribution in [1.29, 1.82) is 0 Å². The zero-order valence-electron chi connectivity index (χ0n) is 10.3. The molecule has 0 fully saturated rings. The highest BCUT2D eigenvalue weighted by molar-refractivity contribution is 7.11. The molecule has 0 amide bonds. The Kier molecular flexibility index (Phi) is 6.61. The van der Waals surface area contributed by atoms with Crippen LogP contribution in [-0.2, 0) is 13.0 Å². The van der Waals surface area contributed by atoms with Crippen LogP contribution in [0.3, 0.4) is 0 Å². The molecule has 1 heterocycles. The van der Waals surface area contributed by atoms with Crippen LogP contribution in [-0.4, -0.2) is 18.1 Å². The maximum absolute atomic E-state index is 5.66. The number of nitrogens with two attached hydrogens (primary N) is 1. The van der Waals surface area contributed by atoms with Gasteiger partial charge in [-0.25, -0.2) is 4.98 Å². The second-order valence-electron chi connectivity index (χ2n) is 4.05. The fraction of sp³-hybridized carbons (Fsp3) is 0.750. The highest BCUT2D eigenvalue weighted by Gasteiger charge is 2.03. The predicted molar refractivity (Wildman–Crippen MR) is 70.7 cm³/mol. The van der Waals surface area contributed by atoms with Crippen LogP contribution in [0.4, 0.5) is 0 Å². The van der Waals surface area contributed by atoms with Crippen molar-refractivity contribution < 1.29 is 0 Å². The van der Waals surface area contributed by atoms with E-state index < -0.39 is 0 Å². The zero-order chi connectivity index (χ0) is 11.8. The largest absolute Gasteiger partial charge is 0.330 e. The Hall–Kier alpha value is -0.450. The fourth-order valence-corrected chi connectivity index (χ4v) is 2.42. The maximum atomic E-state index is 5.66. The van der Waals surface area contributed by atoms with E-state index in [2.05, 4.69) is 24.1 Å². The first-order valence-electron chi connectivity index (χ1n) is 6.14. The standard InChI is InChI=1S/C12H23N3S/c1-3-10(7-13)5-6-14-9-12-15-8-11(4-2)16-12/h8,10,14H,3-7,9,13H2,1-2H3. The van der Waals surface area contributed by atoms with E-state index in [4.69, 9.17) is 5.73 Å². The summed E-state index contributed by atoms with van der Waals surface area (Å²) < 4.78 is 0. The van der Waals surface area contributed by atoms with Crippen LogP contribution in [0, 0.1) is 5.92 Å². The van der Waals surface area contributed by atoms with Gasteiger partial charge in [-0.2, -0.15) is 0 Å². The normalized spacial score (nSPS) is 12.9. The topological polar surface area (TPSA) is 50.9 Å². The van der Waals surface area contributed by atoms with Crippen LogP contribution < -0.4 is 11.1 Å². The minimum Gasteiger partial charge on any atom is -0.330 e. The smallest absolute Gasteiger partial charge is 0.107 e. The molecule has 0 aliphatic heterocycles. The zero-order valence-corrected chi connectivity index (χ0v) is 11.1. The second kappa shape index (κ2) is 7.76. The van der Waals surface area contributed by atoms with E-state index in [0.717, 1.165) is 26.1 Å². The molecule has 0 aromatic carbocycles. The molecular weight excluding hydrogens is 218 g/mol. The third-order valence-corrected chi connectivity index (χ3v) is 4.01. The van der Waals surface area contributed by atoms with Crippen molar-refractivity contribution in [2.45, 2.75) is 39.7 Å².